The molecule has 1 N–H and O–H groups in total. The van der Waals surface area contributed by atoms with E-state index in [4.69, 9.17) is 11.6 Å². The zero-order valence-corrected chi connectivity index (χ0v) is 8.44. The van der Waals surface area contributed by atoms with E-state index in [-0.39, 0.29) is 10.8 Å². The van der Waals surface area contributed by atoms with Crippen molar-refractivity contribution in [2.45, 2.75) is 6.42 Å². The minimum Gasteiger partial charge on any atom is -0.313 e. The van der Waals surface area contributed by atoms with Gasteiger partial charge in [-0.3, -0.25) is 0 Å². The molecule has 0 unspecified atom stereocenters. The Kier molecular flexibility index (Phi) is 2.85. The van der Waals surface area contributed by atoms with Gasteiger partial charge in [-0.2, -0.15) is 0 Å². The Morgan fingerprint density at radius 2 is 2.21 bits per heavy atom. The van der Waals surface area contributed by atoms with Gasteiger partial charge in [0.25, 0.3) is 0 Å². The van der Waals surface area contributed by atoms with E-state index in [9.17, 15) is 4.39 Å². The van der Waals surface area contributed by atoms with E-state index in [1.807, 2.05) is 6.07 Å². The number of benzene rings is 1. The van der Waals surface area contributed by atoms with Crippen molar-refractivity contribution in [2.24, 2.45) is 0 Å². The SMILES string of the molecule is Fc1cccc(C2=CCNCC2)c1Cl. The molecule has 0 aliphatic carbocycles. The molecule has 0 fully saturated rings. The molecule has 14 heavy (non-hydrogen) atoms. The van der Waals surface area contributed by atoms with Gasteiger partial charge in [-0.15, -0.1) is 0 Å². The summed E-state index contributed by atoms with van der Waals surface area (Å²) in [5.41, 5.74) is 1.96. The first-order valence-corrected chi connectivity index (χ1v) is 5.01. The second-order valence-corrected chi connectivity index (χ2v) is 3.66. The van der Waals surface area contributed by atoms with Crippen molar-refractivity contribution in [2.75, 3.05) is 13.1 Å². The summed E-state index contributed by atoms with van der Waals surface area (Å²) >= 11 is 5.89. The van der Waals surface area contributed by atoms with Crippen LogP contribution in [0.1, 0.15) is 12.0 Å². The van der Waals surface area contributed by atoms with Crippen molar-refractivity contribution in [3.05, 3.63) is 40.7 Å². The zero-order valence-electron chi connectivity index (χ0n) is 7.69. The number of nitrogens with one attached hydrogen (secondary N) is 1. The summed E-state index contributed by atoms with van der Waals surface area (Å²) < 4.78 is 13.2. The highest BCUT2D eigenvalue weighted by Crippen LogP contribution is 2.28. The summed E-state index contributed by atoms with van der Waals surface area (Å²) in [6.45, 7) is 1.76. The Morgan fingerprint density at radius 3 is 2.93 bits per heavy atom. The first kappa shape index (κ1) is 9.69. The summed E-state index contributed by atoms with van der Waals surface area (Å²) in [6.07, 6.45) is 2.97. The molecule has 1 aromatic carbocycles. The molecular formula is C11H11ClFN. The predicted octanol–water partition coefficient (Wildman–Crippen LogP) is 2.86. The van der Waals surface area contributed by atoms with Gasteiger partial charge >= 0.3 is 0 Å². The molecule has 0 spiro atoms. The zero-order chi connectivity index (χ0) is 9.97. The van der Waals surface area contributed by atoms with Crippen LogP contribution >= 0.6 is 11.6 Å². The molecule has 3 heteroatoms. The highest BCUT2D eigenvalue weighted by molar-refractivity contribution is 6.32. The number of rotatable bonds is 1. The molecule has 0 radical (unpaired) electrons. The van der Waals surface area contributed by atoms with Gasteiger partial charge in [-0.05, 0) is 30.2 Å². The highest BCUT2D eigenvalue weighted by atomic mass is 35.5. The lowest BCUT2D eigenvalue weighted by atomic mass is 10.0. The second-order valence-electron chi connectivity index (χ2n) is 3.28. The molecule has 1 nitrogen and oxygen atoms in total. The molecule has 1 heterocycles. The minimum absolute atomic E-state index is 0.237. The predicted molar refractivity (Wildman–Crippen MR) is 56.9 cm³/mol. The molecule has 0 atom stereocenters. The highest BCUT2D eigenvalue weighted by Gasteiger charge is 2.11. The Hall–Kier alpha value is -0.860. The van der Waals surface area contributed by atoms with E-state index < -0.39 is 0 Å². The molecule has 0 aromatic heterocycles. The van der Waals surface area contributed by atoms with Crippen LogP contribution in [0.2, 0.25) is 5.02 Å². The molecule has 0 bridgehead atoms. The average molecular weight is 212 g/mol. The first-order valence-electron chi connectivity index (χ1n) is 4.63. The van der Waals surface area contributed by atoms with Gasteiger partial charge in [0.1, 0.15) is 5.82 Å². The van der Waals surface area contributed by atoms with Gasteiger partial charge in [-0.25, -0.2) is 4.39 Å². The van der Waals surface area contributed by atoms with Crippen molar-refractivity contribution >= 4 is 17.2 Å². The van der Waals surface area contributed by atoms with Gasteiger partial charge in [0.05, 0.1) is 5.02 Å². The van der Waals surface area contributed by atoms with Gasteiger partial charge < -0.3 is 5.32 Å². The molecule has 0 saturated carbocycles. The first-order chi connectivity index (χ1) is 6.79. The topological polar surface area (TPSA) is 12.0 Å². The van der Waals surface area contributed by atoms with E-state index in [2.05, 4.69) is 11.4 Å². The standard InChI is InChI=1S/C11H11ClFN/c12-11-9(2-1-3-10(11)13)8-4-6-14-7-5-8/h1-4,14H,5-7H2. The smallest absolute Gasteiger partial charge is 0.142 e. The van der Waals surface area contributed by atoms with E-state index in [1.54, 1.807) is 6.07 Å². The summed E-state index contributed by atoms with van der Waals surface area (Å²) in [6, 6.07) is 4.94. The maximum absolute atomic E-state index is 13.2. The lowest BCUT2D eigenvalue weighted by molar-refractivity contribution is 0.627. The van der Waals surface area contributed by atoms with Gasteiger partial charge in [0, 0.05) is 6.54 Å². The molecule has 1 aliphatic heterocycles. The molecule has 1 aromatic rings. The molecule has 0 amide bonds. The monoisotopic (exact) mass is 211 g/mol. The van der Waals surface area contributed by atoms with Crippen molar-refractivity contribution < 1.29 is 4.39 Å². The third-order valence-corrected chi connectivity index (χ3v) is 2.75. The Morgan fingerprint density at radius 1 is 1.36 bits per heavy atom. The van der Waals surface area contributed by atoms with Crippen molar-refractivity contribution in [1.82, 2.24) is 5.32 Å². The van der Waals surface area contributed by atoms with Crippen LogP contribution in [0, 0.1) is 5.82 Å². The lowest BCUT2D eigenvalue weighted by Crippen LogP contribution is -2.20. The van der Waals surface area contributed by atoms with Crippen molar-refractivity contribution in [3.8, 4) is 0 Å². The van der Waals surface area contributed by atoms with Crippen molar-refractivity contribution in [1.29, 1.82) is 0 Å². The van der Waals surface area contributed by atoms with Crippen LogP contribution in [0.5, 0.6) is 0 Å². The number of hydrogen-bond donors (Lipinski definition) is 1. The van der Waals surface area contributed by atoms with E-state index in [0.717, 1.165) is 30.6 Å². The van der Waals surface area contributed by atoms with Crippen LogP contribution in [0.15, 0.2) is 24.3 Å². The fourth-order valence-corrected chi connectivity index (χ4v) is 1.87. The van der Waals surface area contributed by atoms with Crippen molar-refractivity contribution in [3.63, 3.8) is 0 Å². The van der Waals surface area contributed by atoms with Crippen LogP contribution in [0.3, 0.4) is 0 Å². The van der Waals surface area contributed by atoms with E-state index in [0.29, 0.717) is 0 Å². The molecule has 0 saturated heterocycles. The Balaban J connectivity index is 2.40. The van der Waals surface area contributed by atoms with Crippen LogP contribution in [-0.2, 0) is 0 Å². The van der Waals surface area contributed by atoms with Gasteiger partial charge in [0.15, 0.2) is 0 Å². The summed E-state index contributed by atoms with van der Waals surface area (Å²) in [5, 5.41) is 3.44. The van der Waals surface area contributed by atoms with E-state index >= 15 is 0 Å². The molecule has 2 rings (SSSR count). The normalized spacial score (nSPS) is 16.6. The quantitative estimate of drug-likeness (QED) is 0.753. The molecule has 74 valence electrons. The summed E-state index contributed by atoms with van der Waals surface area (Å²) in [4.78, 5) is 0. The van der Waals surface area contributed by atoms with Gasteiger partial charge in [-0.1, -0.05) is 29.8 Å². The van der Waals surface area contributed by atoms with E-state index in [1.165, 1.54) is 6.07 Å². The lowest BCUT2D eigenvalue weighted by Gasteiger charge is -2.15. The van der Waals surface area contributed by atoms with Crippen LogP contribution in [0.4, 0.5) is 4.39 Å². The third-order valence-electron chi connectivity index (χ3n) is 2.36. The molecule has 1 aliphatic rings. The fraction of sp³-hybridized carbons (Fsp3) is 0.273. The maximum atomic E-state index is 13.2. The summed E-state index contributed by atoms with van der Waals surface area (Å²) in [7, 11) is 0. The Bertz CT molecular complexity index is 374. The number of hydrogen-bond acceptors (Lipinski definition) is 1. The third kappa shape index (κ3) is 1.81. The van der Waals surface area contributed by atoms with Crippen LogP contribution in [-0.4, -0.2) is 13.1 Å². The number of halogens is 2. The average Bonchev–Trinajstić information content (AvgIpc) is 2.23. The largest absolute Gasteiger partial charge is 0.313 e. The Labute approximate surface area is 87.6 Å². The molecular weight excluding hydrogens is 201 g/mol. The second kappa shape index (κ2) is 4.11. The van der Waals surface area contributed by atoms with Crippen LogP contribution in [0.25, 0.3) is 5.57 Å². The minimum atomic E-state index is -0.344. The van der Waals surface area contributed by atoms with Crippen LogP contribution < -0.4 is 5.32 Å². The van der Waals surface area contributed by atoms with Gasteiger partial charge in [0.2, 0.25) is 0 Å². The summed E-state index contributed by atoms with van der Waals surface area (Å²) in [5.74, 6) is -0.344. The fourth-order valence-electron chi connectivity index (χ4n) is 1.62. The maximum Gasteiger partial charge on any atom is 0.142 e.